The van der Waals surface area contributed by atoms with Crippen LogP contribution in [0.4, 0.5) is 17.6 Å². The molecule has 1 rings (SSSR count). The Morgan fingerprint density at radius 2 is 1.88 bits per heavy atom. The zero-order valence-electron chi connectivity index (χ0n) is 9.22. The SMILES string of the molecule is CCC[C@@H](N)c1cccc(F)c1C(F)(F)F.Cl. The van der Waals surface area contributed by atoms with Gasteiger partial charge in [-0.3, -0.25) is 0 Å². The summed E-state index contributed by atoms with van der Waals surface area (Å²) in [5.74, 6) is -1.27. The Balaban J connectivity index is 0.00000256. The van der Waals surface area contributed by atoms with Gasteiger partial charge in [0.05, 0.1) is 5.56 Å². The molecule has 0 saturated heterocycles. The Kier molecular flexibility index (Phi) is 5.92. The molecule has 6 heteroatoms. The van der Waals surface area contributed by atoms with E-state index in [2.05, 4.69) is 0 Å². The smallest absolute Gasteiger partial charge is 0.324 e. The lowest BCUT2D eigenvalue weighted by Crippen LogP contribution is -2.19. The van der Waals surface area contributed by atoms with Crippen LogP contribution in [0.2, 0.25) is 0 Å². The maximum absolute atomic E-state index is 13.2. The molecule has 0 radical (unpaired) electrons. The summed E-state index contributed by atoms with van der Waals surface area (Å²) < 4.78 is 51.0. The highest BCUT2D eigenvalue weighted by atomic mass is 35.5. The van der Waals surface area contributed by atoms with Gasteiger partial charge in [-0.05, 0) is 18.1 Å². The maximum Gasteiger partial charge on any atom is 0.419 e. The fourth-order valence-corrected chi connectivity index (χ4v) is 1.62. The van der Waals surface area contributed by atoms with Gasteiger partial charge in [0.1, 0.15) is 5.82 Å². The molecule has 2 N–H and O–H groups in total. The number of rotatable bonds is 3. The van der Waals surface area contributed by atoms with E-state index in [-0.39, 0.29) is 18.0 Å². The number of nitrogens with two attached hydrogens (primary N) is 1. The van der Waals surface area contributed by atoms with E-state index < -0.39 is 23.6 Å². The Bertz CT molecular complexity index is 365. The lowest BCUT2D eigenvalue weighted by Gasteiger charge is -2.18. The van der Waals surface area contributed by atoms with Gasteiger partial charge >= 0.3 is 6.18 Å². The van der Waals surface area contributed by atoms with E-state index in [4.69, 9.17) is 5.73 Å². The number of hydrogen-bond donors (Lipinski definition) is 1. The van der Waals surface area contributed by atoms with Crippen LogP contribution in [0.1, 0.15) is 36.9 Å². The van der Waals surface area contributed by atoms with Gasteiger partial charge in [-0.15, -0.1) is 12.4 Å². The molecule has 1 atom stereocenters. The van der Waals surface area contributed by atoms with Crippen molar-refractivity contribution >= 4 is 12.4 Å². The van der Waals surface area contributed by atoms with Gasteiger partial charge in [-0.2, -0.15) is 13.2 Å². The van der Waals surface area contributed by atoms with Crippen LogP contribution in [0.25, 0.3) is 0 Å². The number of hydrogen-bond acceptors (Lipinski definition) is 1. The predicted octanol–water partition coefficient (Wildman–Crippen LogP) is 4.07. The molecule has 0 fully saturated rings. The molecular weight excluding hydrogens is 258 g/mol. The molecule has 0 aliphatic rings. The zero-order valence-corrected chi connectivity index (χ0v) is 10.0. The summed E-state index contributed by atoms with van der Waals surface area (Å²) in [5.41, 5.74) is 4.19. The topological polar surface area (TPSA) is 26.0 Å². The minimum Gasteiger partial charge on any atom is -0.324 e. The van der Waals surface area contributed by atoms with Crippen LogP contribution in [0.3, 0.4) is 0 Å². The highest BCUT2D eigenvalue weighted by Gasteiger charge is 2.37. The van der Waals surface area contributed by atoms with Crippen molar-refractivity contribution in [3.05, 3.63) is 35.1 Å². The molecule has 17 heavy (non-hydrogen) atoms. The monoisotopic (exact) mass is 271 g/mol. The second-order valence-electron chi connectivity index (χ2n) is 3.60. The van der Waals surface area contributed by atoms with Crippen LogP contribution >= 0.6 is 12.4 Å². The second kappa shape index (κ2) is 6.21. The van der Waals surface area contributed by atoms with Gasteiger partial charge in [0.2, 0.25) is 0 Å². The van der Waals surface area contributed by atoms with Crippen molar-refractivity contribution in [3.63, 3.8) is 0 Å². The summed E-state index contributed by atoms with van der Waals surface area (Å²) in [7, 11) is 0. The average molecular weight is 272 g/mol. The van der Waals surface area contributed by atoms with E-state index in [9.17, 15) is 17.6 Å². The molecule has 0 heterocycles. The summed E-state index contributed by atoms with van der Waals surface area (Å²) in [5, 5.41) is 0. The molecule has 0 bridgehead atoms. The third kappa shape index (κ3) is 3.85. The van der Waals surface area contributed by atoms with Crippen LogP contribution in [-0.4, -0.2) is 0 Å². The third-order valence-corrected chi connectivity index (χ3v) is 2.33. The number of halogens is 5. The quantitative estimate of drug-likeness (QED) is 0.824. The highest BCUT2D eigenvalue weighted by Crippen LogP contribution is 2.36. The average Bonchev–Trinajstić information content (AvgIpc) is 2.15. The lowest BCUT2D eigenvalue weighted by atomic mass is 9.97. The van der Waals surface area contributed by atoms with Crippen molar-refractivity contribution in [2.24, 2.45) is 5.73 Å². The van der Waals surface area contributed by atoms with Crippen molar-refractivity contribution < 1.29 is 17.6 Å². The zero-order chi connectivity index (χ0) is 12.3. The molecule has 0 aliphatic carbocycles. The largest absolute Gasteiger partial charge is 0.419 e. The van der Waals surface area contributed by atoms with E-state index in [1.807, 2.05) is 6.92 Å². The van der Waals surface area contributed by atoms with Crippen molar-refractivity contribution in [2.45, 2.75) is 32.0 Å². The molecular formula is C11H14ClF4N. The molecule has 1 nitrogen and oxygen atoms in total. The minimum absolute atomic E-state index is 0. The molecule has 0 spiro atoms. The second-order valence-corrected chi connectivity index (χ2v) is 3.60. The van der Waals surface area contributed by atoms with Crippen LogP contribution in [-0.2, 0) is 6.18 Å². The third-order valence-electron chi connectivity index (χ3n) is 2.33. The van der Waals surface area contributed by atoms with E-state index >= 15 is 0 Å². The Hall–Kier alpha value is -0.810. The van der Waals surface area contributed by atoms with Gasteiger partial charge in [-0.25, -0.2) is 4.39 Å². The Morgan fingerprint density at radius 1 is 1.29 bits per heavy atom. The first-order chi connectivity index (χ1) is 7.38. The molecule has 1 aromatic carbocycles. The fraction of sp³-hybridized carbons (Fsp3) is 0.455. The first-order valence-corrected chi connectivity index (χ1v) is 4.99. The fourth-order valence-electron chi connectivity index (χ4n) is 1.62. The summed E-state index contributed by atoms with van der Waals surface area (Å²) in [6.45, 7) is 1.81. The first kappa shape index (κ1) is 16.2. The van der Waals surface area contributed by atoms with Gasteiger partial charge in [0.25, 0.3) is 0 Å². The molecule has 0 aliphatic heterocycles. The van der Waals surface area contributed by atoms with Crippen molar-refractivity contribution in [2.75, 3.05) is 0 Å². The molecule has 1 aromatic rings. The van der Waals surface area contributed by atoms with Gasteiger partial charge in [-0.1, -0.05) is 25.5 Å². The standard InChI is InChI=1S/C11H13F4N.ClH/c1-2-4-9(16)7-5-3-6-8(12)10(7)11(13,14)15;/h3,5-6,9H,2,4,16H2,1H3;1H/t9-;/m1./s1. The first-order valence-electron chi connectivity index (χ1n) is 4.99. The van der Waals surface area contributed by atoms with Gasteiger partial charge in [0.15, 0.2) is 0 Å². The van der Waals surface area contributed by atoms with Crippen LogP contribution in [0.15, 0.2) is 18.2 Å². The van der Waals surface area contributed by atoms with E-state index in [0.717, 1.165) is 6.07 Å². The van der Waals surface area contributed by atoms with Crippen LogP contribution in [0.5, 0.6) is 0 Å². The Labute approximate surface area is 103 Å². The summed E-state index contributed by atoms with van der Waals surface area (Å²) in [6.07, 6.45) is -3.66. The molecule has 98 valence electrons. The normalized spacial score (nSPS) is 13.1. The van der Waals surface area contributed by atoms with Gasteiger partial charge in [0, 0.05) is 6.04 Å². The minimum atomic E-state index is -4.70. The van der Waals surface area contributed by atoms with Crippen LogP contribution < -0.4 is 5.73 Å². The van der Waals surface area contributed by atoms with Crippen molar-refractivity contribution in [3.8, 4) is 0 Å². The van der Waals surface area contributed by atoms with Gasteiger partial charge < -0.3 is 5.73 Å². The van der Waals surface area contributed by atoms with E-state index in [1.54, 1.807) is 0 Å². The van der Waals surface area contributed by atoms with E-state index in [1.165, 1.54) is 12.1 Å². The molecule has 0 unspecified atom stereocenters. The molecule has 0 saturated carbocycles. The number of benzene rings is 1. The van der Waals surface area contributed by atoms with Crippen molar-refractivity contribution in [1.29, 1.82) is 0 Å². The predicted molar refractivity (Wildman–Crippen MR) is 60.5 cm³/mol. The van der Waals surface area contributed by atoms with E-state index in [0.29, 0.717) is 12.8 Å². The Morgan fingerprint density at radius 3 is 2.35 bits per heavy atom. The van der Waals surface area contributed by atoms with Crippen molar-refractivity contribution in [1.82, 2.24) is 0 Å². The molecule has 0 amide bonds. The highest BCUT2D eigenvalue weighted by molar-refractivity contribution is 5.85. The summed E-state index contributed by atoms with van der Waals surface area (Å²) in [4.78, 5) is 0. The lowest BCUT2D eigenvalue weighted by molar-refractivity contribution is -0.140. The molecule has 0 aromatic heterocycles. The van der Waals surface area contributed by atoms with Crippen LogP contribution in [0, 0.1) is 5.82 Å². The maximum atomic E-state index is 13.2. The number of alkyl halides is 3. The summed E-state index contributed by atoms with van der Waals surface area (Å²) >= 11 is 0. The summed E-state index contributed by atoms with van der Waals surface area (Å²) in [6, 6.07) is 2.49.